The molecule has 0 amide bonds. The number of rotatable bonds is 3. The van der Waals surface area contributed by atoms with Crippen molar-refractivity contribution in [3.05, 3.63) is 40.8 Å². The largest absolute Gasteiger partial charge is 0.460 e. The van der Waals surface area contributed by atoms with Crippen LogP contribution >= 0.6 is 0 Å². The van der Waals surface area contributed by atoms with Gasteiger partial charge in [0.15, 0.2) is 0 Å². The van der Waals surface area contributed by atoms with Gasteiger partial charge in [0, 0.05) is 24.4 Å². The molecule has 1 aromatic heterocycles. The van der Waals surface area contributed by atoms with Gasteiger partial charge < -0.3 is 34.3 Å². The van der Waals surface area contributed by atoms with Crippen LogP contribution < -0.4 is 10.4 Å². The molecule has 0 saturated carbocycles. The number of aliphatic hydroxyl groups excluding tert-OH is 4. The van der Waals surface area contributed by atoms with Crippen molar-refractivity contribution in [1.29, 1.82) is 0 Å². The maximum Gasteiger partial charge on any atom is 0.336 e. The molecule has 1 saturated heterocycles. The Labute approximate surface area is 136 Å². The molecular formula is C16H18O8. The van der Waals surface area contributed by atoms with E-state index in [1.165, 1.54) is 19.1 Å². The van der Waals surface area contributed by atoms with Crippen LogP contribution in [0.1, 0.15) is 6.92 Å². The molecule has 0 radical (unpaired) electrons. The van der Waals surface area contributed by atoms with Gasteiger partial charge in [-0.15, -0.1) is 0 Å². The summed E-state index contributed by atoms with van der Waals surface area (Å²) in [5.74, 6) is -1.49. The van der Waals surface area contributed by atoms with Gasteiger partial charge in [-0.3, -0.25) is 0 Å². The van der Waals surface area contributed by atoms with Crippen LogP contribution in [0.4, 0.5) is 0 Å². The maximum atomic E-state index is 11.3. The number of benzene rings is 1. The standard InChI is InChI=1S/C16H18O8/c1-16(15(21)14(20)13(19)11(7-17)24-16)23-9-4-2-8-3-5-12(18)22-10(8)6-9/h2-6,11,13-15,17,19-21H,7H2,1H3/t11-,13+,14+,15-,16?/m1/s1. The summed E-state index contributed by atoms with van der Waals surface area (Å²) < 4.78 is 16.1. The van der Waals surface area contributed by atoms with Crippen LogP contribution in [-0.4, -0.2) is 57.2 Å². The van der Waals surface area contributed by atoms with E-state index in [2.05, 4.69) is 0 Å². The Morgan fingerprint density at radius 3 is 2.58 bits per heavy atom. The minimum atomic E-state index is -1.71. The summed E-state index contributed by atoms with van der Waals surface area (Å²) in [5.41, 5.74) is -0.230. The Balaban J connectivity index is 1.92. The first kappa shape index (κ1) is 16.9. The number of aliphatic hydroxyl groups is 4. The SMILES string of the molecule is CC1(Oc2ccc3ccc(=O)oc3c2)O[C@H](CO)[C@H](O)[C@H](O)[C@H]1O. The molecule has 2 aromatic rings. The summed E-state index contributed by atoms with van der Waals surface area (Å²) >= 11 is 0. The van der Waals surface area contributed by atoms with Gasteiger partial charge >= 0.3 is 5.63 Å². The second-order valence-corrected chi connectivity index (χ2v) is 5.84. The number of fused-ring (bicyclic) bond motifs is 1. The predicted octanol–water partition coefficient (Wildman–Crippen LogP) is -0.638. The summed E-state index contributed by atoms with van der Waals surface area (Å²) in [6.45, 7) is 0.817. The molecule has 24 heavy (non-hydrogen) atoms. The van der Waals surface area contributed by atoms with Crippen molar-refractivity contribution < 1.29 is 34.3 Å². The lowest BCUT2D eigenvalue weighted by atomic mass is 9.93. The average Bonchev–Trinajstić information content (AvgIpc) is 2.56. The smallest absolute Gasteiger partial charge is 0.336 e. The zero-order valence-corrected chi connectivity index (χ0v) is 12.8. The highest BCUT2D eigenvalue weighted by atomic mass is 16.7. The molecule has 8 nitrogen and oxygen atoms in total. The first-order valence-corrected chi connectivity index (χ1v) is 7.40. The zero-order chi connectivity index (χ0) is 17.5. The minimum absolute atomic E-state index is 0.221. The molecule has 1 aliphatic heterocycles. The molecule has 0 aliphatic carbocycles. The second kappa shape index (κ2) is 6.15. The number of hydrogen-bond donors (Lipinski definition) is 4. The lowest BCUT2D eigenvalue weighted by Gasteiger charge is -2.46. The Kier molecular flexibility index (Phi) is 4.33. The van der Waals surface area contributed by atoms with Gasteiger partial charge in [-0.05, 0) is 18.2 Å². The van der Waals surface area contributed by atoms with E-state index >= 15 is 0 Å². The lowest BCUT2D eigenvalue weighted by molar-refractivity contribution is -0.329. The van der Waals surface area contributed by atoms with Crippen LogP contribution in [0, 0.1) is 0 Å². The van der Waals surface area contributed by atoms with Crippen molar-refractivity contribution in [3.8, 4) is 5.75 Å². The average molecular weight is 338 g/mol. The maximum absolute atomic E-state index is 11.3. The monoisotopic (exact) mass is 338 g/mol. The predicted molar refractivity (Wildman–Crippen MR) is 81.5 cm³/mol. The quantitative estimate of drug-likeness (QED) is 0.544. The van der Waals surface area contributed by atoms with Gasteiger partial charge in [0.25, 0.3) is 0 Å². The van der Waals surface area contributed by atoms with E-state index in [4.69, 9.17) is 13.9 Å². The summed E-state index contributed by atoms with van der Waals surface area (Å²) in [5, 5.41) is 39.8. The topological polar surface area (TPSA) is 130 Å². The molecule has 3 rings (SSSR count). The van der Waals surface area contributed by atoms with E-state index in [1.54, 1.807) is 18.2 Å². The summed E-state index contributed by atoms with van der Waals surface area (Å²) in [6.07, 6.45) is -5.68. The lowest BCUT2D eigenvalue weighted by Crippen LogP contribution is -2.66. The number of hydrogen-bond acceptors (Lipinski definition) is 8. The van der Waals surface area contributed by atoms with Gasteiger partial charge in [0.05, 0.1) is 6.61 Å². The van der Waals surface area contributed by atoms with E-state index in [1.807, 2.05) is 0 Å². The molecule has 5 atom stereocenters. The minimum Gasteiger partial charge on any atom is -0.460 e. The van der Waals surface area contributed by atoms with Crippen molar-refractivity contribution in [3.63, 3.8) is 0 Å². The van der Waals surface area contributed by atoms with Crippen molar-refractivity contribution in [2.45, 2.75) is 37.1 Å². The van der Waals surface area contributed by atoms with Gasteiger partial charge in [0.2, 0.25) is 5.79 Å². The highest BCUT2D eigenvalue weighted by molar-refractivity contribution is 5.77. The van der Waals surface area contributed by atoms with Gasteiger partial charge in [0.1, 0.15) is 35.7 Å². The fourth-order valence-corrected chi connectivity index (χ4v) is 2.73. The van der Waals surface area contributed by atoms with Crippen LogP contribution in [0.25, 0.3) is 11.0 Å². The molecule has 130 valence electrons. The van der Waals surface area contributed by atoms with E-state index in [0.717, 1.165) is 0 Å². The Morgan fingerprint density at radius 1 is 1.17 bits per heavy atom. The van der Waals surface area contributed by atoms with Crippen LogP contribution in [0.2, 0.25) is 0 Å². The third kappa shape index (κ3) is 2.90. The Bertz CT molecular complexity index is 785. The Hall–Kier alpha value is -1.97. The molecule has 0 spiro atoms. The van der Waals surface area contributed by atoms with Crippen molar-refractivity contribution in [1.82, 2.24) is 0 Å². The molecule has 1 aromatic carbocycles. The Morgan fingerprint density at radius 2 is 1.88 bits per heavy atom. The normalized spacial score (nSPS) is 33.5. The highest BCUT2D eigenvalue weighted by Gasteiger charge is 2.52. The molecular weight excluding hydrogens is 320 g/mol. The van der Waals surface area contributed by atoms with E-state index < -0.39 is 42.4 Å². The fourth-order valence-electron chi connectivity index (χ4n) is 2.73. The third-order valence-corrected chi connectivity index (χ3v) is 4.07. The van der Waals surface area contributed by atoms with Gasteiger partial charge in [-0.2, -0.15) is 0 Å². The van der Waals surface area contributed by atoms with Crippen molar-refractivity contribution >= 4 is 11.0 Å². The number of ether oxygens (including phenoxy) is 2. The second-order valence-electron chi connectivity index (χ2n) is 5.84. The molecule has 1 aliphatic rings. The van der Waals surface area contributed by atoms with Crippen molar-refractivity contribution in [2.75, 3.05) is 6.61 Å². The van der Waals surface area contributed by atoms with Gasteiger partial charge in [-0.25, -0.2) is 4.79 Å². The van der Waals surface area contributed by atoms with E-state index in [9.17, 15) is 25.2 Å². The summed E-state index contributed by atoms with van der Waals surface area (Å²) in [7, 11) is 0. The van der Waals surface area contributed by atoms with E-state index in [0.29, 0.717) is 5.39 Å². The fraction of sp³-hybridized carbons (Fsp3) is 0.438. The molecule has 0 bridgehead atoms. The molecule has 1 unspecified atom stereocenters. The van der Waals surface area contributed by atoms with Crippen LogP contribution in [0.15, 0.2) is 39.5 Å². The first-order chi connectivity index (χ1) is 11.3. The molecule has 2 heterocycles. The molecule has 1 fully saturated rings. The molecule has 4 N–H and O–H groups in total. The van der Waals surface area contributed by atoms with Crippen LogP contribution in [-0.2, 0) is 4.74 Å². The third-order valence-electron chi connectivity index (χ3n) is 4.07. The first-order valence-electron chi connectivity index (χ1n) is 7.40. The van der Waals surface area contributed by atoms with Crippen LogP contribution in [0.5, 0.6) is 5.75 Å². The van der Waals surface area contributed by atoms with Crippen LogP contribution in [0.3, 0.4) is 0 Å². The summed E-state index contributed by atoms with van der Waals surface area (Å²) in [4.78, 5) is 11.3. The van der Waals surface area contributed by atoms with Crippen molar-refractivity contribution in [2.24, 2.45) is 0 Å². The van der Waals surface area contributed by atoms with E-state index in [-0.39, 0.29) is 11.3 Å². The molecule has 8 heteroatoms. The summed E-state index contributed by atoms with van der Waals surface area (Å²) in [6, 6.07) is 7.57. The highest BCUT2D eigenvalue weighted by Crippen LogP contribution is 2.33. The zero-order valence-electron chi connectivity index (χ0n) is 12.8. The van der Waals surface area contributed by atoms with Gasteiger partial charge in [-0.1, -0.05) is 0 Å².